The highest BCUT2D eigenvalue weighted by molar-refractivity contribution is 7.92. The normalized spacial score (nSPS) is 12.5. The number of hydrogen-bond acceptors (Lipinski definition) is 7. The number of anilines is 1. The minimum Gasteiger partial charge on any atom is -0.480 e. The van der Waals surface area contributed by atoms with Crippen molar-refractivity contribution in [3.63, 3.8) is 0 Å². The maximum absolute atomic E-state index is 13.4. The van der Waals surface area contributed by atoms with Crippen LogP contribution in [0.1, 0.15) is 6.92 Å². The first-order valence-corrected chi connectivity index (χ1v) is 13.1. The lowest BCUT2D eigenvalue weighted by Gasteiger charge is -2.14. The predicted octanol–water partition coefficient (Wildman–Crippen LogP) is 3.92. The van der Waals surface area contributed by atoms with E-state index in [1.54, 1.807) is 29.1 Å². The molecular formula is C25H25ClFN5O4S. The van der Waals surface area contributed by atoms with Gasteiger partial charge in [-0.2, -0.15) is 0 Å². The SMILES string of the molecule is CNC[C@H](C)Cn1cnc2ccc(-c3cnc(OC)c(NS(=O)(=O)c4ccc(F)cc4Cl)c3)cc2c1=O. The fraction of sp³-hybridized carbons (Fsp3) is 0.240. The van der Waals surface area contributed by atoms with E-state index in [1.807, 2.05) is 14.0 Å². The van der Waals surface area contributed by atoms with Gasteiger partial charge in [0, 0.05) is 18.3 Å². The van der Waals surface area contributed by atoms with Gasteiger partial charge in [-0.15, -0.1) is 0 Å². The number of ether oxygens (including phenoxy) is 1. The van der Waals surface area contributed by atoms with Crippen molar-refractivity contribution >= 4 is 38.2 Å². The van der Waals surface area contributed by atoms with E-state index in [2.05, 4.69) is 20.0 Å². The van der Waals surface area contributed by atoms with Crippen molar-refractivity contribution < 1.29 is 17.5 Å². The standard InChI is InChI=1S/C25H25ClFN5O4S/c1-15(11-28-2)13-32-14-30-21-6-4-16(8-19(21)25(32)33)17-9-22(24(36-3)29-12-17)31-37(34,35)23-7-5-18(27)10-20(23)26/h4-10,12,14-15,28,31H,11,13H2,1-3H3/t15-/m0/s1. The smallest absolute Gasteiger partial charge is 0.263 e. The number of fused-ring (bicyclic) bond motifs is 1. The topological polar surface area (TPSA) is 115 Å². The number of halogens is 2. The zero-order valence-corrected chi connectivity index (χ0v) is 21.9. The summed E-state index contributed by atoms with van der Waals surface area (Å²) in [5.74, 6) is -0.415. The maximum Gasteiger partial charge on any atom is 0.263 e. The largest absolute Gasteiger partial charge is 0.480 e. The molecule has 0 unspecified atom stereocenters. The van der Waals surface area contributed by atoms with E-state index in [0.29, 0.717) is 28.6 Å². The third-order valence-electron chi connectivity index (χ3n) is 5.69. The van der Waals surface area contributed by atoms with E-state index in [1.165, 1.54) is 19.4 Å². The van der Waals surface area contributed by atoms with Crippen LogP contribution in [-0.4, -0.2) is 43.7 Å². The van der Waals surface area contributed by atoms with Gasteiger partial charge in [-0.1, -0.05) is 24.6 Å². The molecule has 4 rings (SSSR count). The van der Waals surface area contributed by atoms with Crippen LogP contribution < -0.4 is 20.3 Å². The first kappa shape index (κ1) is 26.5. The summed E-state index contributed by atoms with van der Waals surface area (Å²) < 4.78 is 48.6. The summed E-state index contributed by atoms with van der Waals surface area (Å²) >= 11 is 5.97. The van der Waals surface area contributed by atoms with Crippen molar-refractivity contribution in [3.05, 3.63) is 76.2 Å². The summed E-state index contributed by atoms with van der Waals surface area (Å²) in [5, 5.41) is 3.25. The van der Waals surface area contributed by atoms with Gasteiger partial charge in [0.15, 0.2) is 0 Å². The summed E-state index contributed by atoms with van der Waals surface area (Å²) in [7, 11) is -0.985. The van der Waals surface area contributed by atoms with E-state index in [-0.39, 0.29) is 33.0 Å². The Morgan fingerprint density at radius 3 is 2.62 bits per heavy atom. The maximum atomic E-state index is 13.4. The van der Waals surface area contributed by atoms with E-state index in [0.717, 1.165) is 24.7 Å². The third-order valence-corrected chi connectivity index (χ3v) is 7.54. The fourth-order valence-corrected chi connectivity index (χ4v) is 5.54. The lowest BCUT2D eigenvalue weighted by atomic mass is 10.0. The molecule has 0 spiro atoms. The third kappa shape index (κ3) is 5.74. The molecule has 0 aliphatic heterocycles. The molecule has 9 nitrogen and oxygen atoms in total. The molecule has 1 atom stereocenters. The van der Waals surface area contributed by atoms with Gasteiger partial charge in [0.1, 0.15) is 16.4 Å². The molecule has 2 aromatic carbocycles. The Kier molecular flexibility index (Phi) is 7.76. The van der Waals surface area contributed by atoms with Crippen molar-refractivity contribution in [1.29, 1.82) is 0 Å². The Hall–Kier alpha value is -3.54. The summed E-state index contributed by atoms with van der Waals surface area (Å²) in [6.45, 7) is 3.30. The number of rotatable bonds is 9. The van der Waals surface area contributed by atoms with Gasteiger partial charge < -0.3 is 10.1 Å². The van der Waals surface area contributed by atoms with Gasteiger partial charge >= 0.3 is 0 Å². The van der Waals surface area contributed by atoms with Crippen molar-refractivity contribution in [2.24, 2.45) is 5.92 Å². The molecule has 0 saturated heterocycles. The number of nitrogens with one attached hydrogen (secondary N) is 2. The number of nitrogens with zero attached hydrogens (tertiary/aromatic N) is 3. The molecule has 4 aromatic rings. The van der Waals surface area contributed by atoms with Crippen LogP contribution in [0.25, 0.3) is 22.0 Å². The summed E-state index contributed by atoms with van der Waals surface area (Å²) in [6.07, 6.45) is 3.05. The summed E-state index contributed by atoms with van der Waals surface area (Å²) in [6, 6.07) is 9.71. The highest BCUT2D eigenvalue weighted by atomic mass is 35.5. The van der Waals surface area contributed by atoms with Gasteiger partial charge in [0.25, 0.3) is 15.6 Å². The van der Waals surface area contributed by atoms with Crippen LogP contribution in [0.15, 0.2) is 64.7 Å². The predicted molar refractivity (Wildman–Crippen MR) is 141 cm³/mol. The number of aromatic nitrogens is 3. The molecule has 0 radical (unpaired) electrons. The van der Waals surface area contributed by atoms with Crippen LogP contribution >= 0.6 is 11.6 Å². The number of pyridine rings is 1. The fourth-order valence-electron chi connectivity index (χ4n) is 3.96. The second kappa shape index (κ2) is 10.8. The Balaban J connectivity index is 1.73. The van der Waals surface area contributed by atoms with Crippen LogP contribution in [-0.2, 0) is 16.6 Å². The molecule has 2 heterocycles. The minimum atomic E-state index is -4.19. The van der Waals surface area contributed by atoms with Crippen molar-refractivity contribution in [3.8, 4) is 17.0 Å². The van der Waals surface area contributed by atoms with Crippen LogP contribution in [0.5, 0.6) is 5.88 Å². The molecule has 2 N–H and O–H groups in total. The van der Waals surface area contributed by atoms with Crippen molar-refractivity contribution in [1.82, 2.24) is 19.9 Å². The van der Waals surface area contributed by atoms with Crippen molar-refractivity contribution in [2.75, 3.05) is 25.4 Å². The van der Waals surface area contributed by atoms with Crippen LogP contribution in [0, 0.1) is 11.7 Å². The minimum absolute atomic E-state index is 0.0221. The summed E-state index contributed by atoms with van der Waals surface area (Å²) in [5.41, 5.74) is 1.57. The molecule has 2 aromatic heterocycles. The molecule has 0 aliphatic carbocycles. The van der Waals surface area contributed by atoms with Crippen LogP contribution in [0.4, 0.5) is 10.1 Å². The highest BCUT2D eigenvalue weighted by Gasteiger charge is 2.21. The zero-order chi connectivity index (χ0) is 26.7. The molecule has 12 heteroatoms. The van der Waals surface area contributed by atoms with Gasteiger partial charge in [-0.25, -0.2) is 22.8 Å². The van der Waals surface area contributed by atoms with E-state index in [9.17, 15) is 17.6 Å². The average molecular weight is 546 g/mol. The zero-order valence-electron chi connectivity index (χ0n) is 20.3. The highest BCUT2D eigenvalue weighted by Crippen LogP contribution is 2.32. The van der Waals surface area contributed by atoms with Gasteiger partial charge in [0.2, 0.25) is 5.88 Å². The molecule has 0 aliphatic rings. The summed E-state index contributed by atoms with van der Waals surface area (Å²) in [4.78, 5) is 21.5. The molecule has 0 saturated carbocycles. The molecular weight excluding hydrogens is 521 g/mol. The second-order valence-electron chi connectivity index (χ2n) is 8.56. The molecule has 194 valence electrons. The quantitative estimate of drug-likeness (QED) is 0.327. The van der Waals surface area contributed by atoms with Crippen LogP contribution in [0.2, 0.25) is 5.02 Å². The second-order valence-corrected chi connectivity index (χ2v) is 10.6. The monoisotopic (exact) mass is 545 g/mol. The molecule has 0 amide bonds. The number of sulfonamides is 1. The number of methoxy groups -OCH3 is 1. The Labute approximate surface area is 218 Å². The molecule has 37 heavy (non-hydrogen) atoms. The first-order chi connectivity index (χ1) is 17.6. The number of benzene rings is 2. The number of hydrogen-bond donors (Lipinski definition) is 2. The van der Waals surface area contributed by atoms with Gasteiger partial charge in [0.05, 0.1) is 29.4 Å². The molecule has 0 fully saturated rings. The Morgan fingerprint density at radius 1 is 1.14 bits per heavy atom. The van der Waals surface area contributed by atoms with Crippen molar-refractivity contribution in [2.45, 2.75) is 18.4 Å². The van der Waals surface area contributed by atoms with Gasteiger partial charge in [-0.05, 0) is 61.5 Å². The van der Waals surface area contributed by atoms with E-state index < -0.39 is 15.8 Å². The Morgan fingerprint density at radius 2 is 1.92 bits per heavy atom. The lowest BCUT2D eigenvalue weighted by molar-refractivity contribution is 0.400. The van der Waals surface area contributed by atoms with Gasteiger partial charge in [-0.3, -0.25) is 14.1 Å². The van der Waals surface area contributed by atoms with E-state index in [4.69, 9.17) is 16.3 Å². The average Bonchev–Trinajstić information content (AvgIpc) is 2.85. The first-order valence-electron chi connectivity index (χ1n) is 11.3. The van der Waals surface area contributed by atoms with E-state index >= 15 is 0 Å². The Bertz CT molecular complexity index is 1630. The molecule has 0 bridgehead atoms. The van der Waals surface area contributed by atoms with Crippen LogP contribution in [0.3, 0.4) is 0 Å². The lowest BCUT2D eigenvalue weighted by Crippen LogP contribution is -2.27.